The highest BCUT2D eigenvalue weighted by Gasteiger charge is 2.26. The maximum Gasteiger partial charge on any atom is 0.270 e. The Bertz CT molecular complexity index is 849. The van der Waals surface area contributed by atoms with Gasteiger partial charge in [-0.1, -0.05) is 12.1 Å². The second-order valence-electron chi connectivity index (χ2n) is 6.86. The maximum absolute atomic E-state index is 11.2. The van der Waals surface area contributed by atoms with Crippen LogP contribution in [0.5, 0.6) is 11.5 Å². The number of para-hydroxylation sites is 2. The van der Waals surface area contributed by atoms with Crippen molar-refractivity contribution < 1.29 is 24.4 Å². The van der Waals surface area contributed by atoms with Crippen molar-refractivity contribution in [2.75, 3.05) is 37.9 Å². The number of benzene rings is 2. The largest absolute Gasteiger partial charge is 0.506 e. The first-order chi connectivity index (χ1) is 13.1. The van der Waals surface area contributed by atoms with Crippen LogP contribution in [0.1, 0.15) is 11.1 Å². The lowest BCUT2D eigenvalue weighted by Gasteiger charge is -2.34. The molecule has 142 valence electrons. The molecular weight excluding hydrogens is 350 g/mol. The first-order valence-corrected chi connectivity index (χ1v) is 8.99. The van der Waals surface area contributed by atoms with Crippen molar-refractivity contribution >= 4 is 11.4 Å². The number of anilines is 1. The molecule has 8 heteroatoms. The van der Waals surface area contributed by atoms with E-state index >= 15 is 0 Å². The molecule has 0 aromatic heterocycles. The number of hydrogen-bond donors (Lipinski definition) is 2. The topological polar surface area (TPSA) is 89.5 Å². The van der Waals surface area contributed by atoms with Gasteiger partial charge in [0.05, 0.1) is 49.0 Å². The molecule has 2 aromatic carbocycles. The first-order valence-electron chi connectivity index (χ1n) is 8.99. The minimum absolute atomic E-state index is 0.0742. The lowest BCUT2D eigenvalue weighted by Crippen LogP contribution is -3.13. The van der Waals surface area contributed by atoms with E-state index in [0.29, 0.717) is 18.9 Å². The number of nitrogens with one attached hydrogen (secondary N) is 1. The van der Waals surface area contributed by atoms with Gasteiger partial charge in [-0.2, -0.15) is 0 Å². The summed E-state index contributed by atoms with van der Waals surface area (Å²) in [5.41, 5.74) is 2.51. The van der Waals surface area contributed by atoms with E-state index in [1.807, 2.05) is 18.2 Å². The zero-order chi connectivity index (χ0) is 18.8. The minimum Gasteiger partial charge on any atom is -0.506 e. The summed E-state index contributed by atoms with van der Waals surface area (Å²) in [7, 11) is 0. The number of piperazine rings is 1. The molecule has 27 heavy (non-hydrogen) atoms. The van der Waals surface area contributed by atoms with Crippen molar-refractivity contribution in [1.29, 1.82) is 0 Å². The summed E-state index contributed by atoms with van der Waals surface area (Å²) in [6.07, 6.45) is 0. The van der Waals surface area contributed by atoms with E-state index in [1.54, 1.807) is 12.1 Å². The third kappa shape index (κ3) is 3.67. The van der Waals surface area contributed by atoms with Gasteiger partial charge in [0.25, 0.3) is 5.69 Å². The van der Waals surface area contributed by atoms with Crippen LogP contribution in [0, 0.1) is 10.1 Å². The van der Waals surface area contributed by atoms with Crippen molar-refractivity contribution in [2.24, 2.45) is 0 Å². The lowest BCUT2D eigenvalue weighted by atomic mass is 10.1. The first kappa shape index (κ1) is 17.6. The van der Waals surface area contributed by atoms with Crippen LogP contribution >= 0.6 is 0 Å². The van der Waals surface area contributed by atoms with Gasteiger partial charge in [0, 0.05) is 17.7 Å². The van der Waals surface area contributed by atoms with Crippen molar-refractivity contribution in [2.45, 2.75) is 13.2 Å². The lowest BCUT2D eigenvalue weighted by molar-refractivity contribution is -0.914. The van der Waals surface area contributed by atoms with Crippen LogP contribution in [-0.4, -0.2) is 43.0 Å². The average Bonchev–Trinajstić information content (AvgIpc) is 2.69. The van der Waals surface area contributed by atoms with Gasteiger partial charge in [-0.15, -0.1) is 0 Å². The molecule has 2 aromatic rings. The number of aromatic hydroxyl groups is 1. The fraction of sp³-hybridized carbons (Fsp3) is 0.368. The third-order valence-corrected chi connectivity index (χ3v) is 5.12. The number of ether oxygens (including phenoxy) is 2. The molecule has 0 amide bonds. The zero-order valence-corrected chi connectivity index (χ0v) is 14.9. The van der Waals surface area contributed by atoms with Crippen molar-refractivity contribution in [1.82, 2.24) is 0 Å². The molecule has 2 aliphatic rings. The smallest absolute Gasteiger partial charge is 0.270 e. The van der Waals surface area contributed by atoms with E-state index in [2.05, 4.69) is 4.90 Å². The maximum atomic E-state index is 11.2. The summed E-state index contributed by atoms with van der Waals surface area (Å²) in [4.78, 5) is 14.4. The summed E-state index contributed by atoms with van der Waals surface area (Å²) >= 11 is 0. The third-order valence-electron chi connectivity index (χ3n) is 5.12. The molecule has 2 N–H and O–H groups in total. The Morgan fingerprint density at radius 2 is 2.00 bits per heavy atom. The standard InChI is InChI=1S/C19H21N3O5/c23-18-4-2-1-3-17(18)21-7-5-20(6-8-21)11-14-9-16(22(24)25)10-15-12-26-13-27-19(14)15/h1-4,9-10,23H,5-8,11-13H2/p+1. The van der Waals surface area contributed by atoms with Crippen molar-refractivity contribution in [3.8, 4) is 11.5 Å². The van der Waals surface area contributed by atoms with Crippen molar-refractivity contribution in [3.63, 3.8) is 0 Å². The molecule has 0 atom stereocenters. The van der Waals surface area contributed by atoms with Crippen LogP contribution in [0.3, 0.4) is 0 Å². The fourth-order valence-electron chi connectivity index (χ4n) is 3.76. The van der Waals surface area contributed by atoms with Crippen LogP contribution in [-0.2, 0) is 17.9 Å². The highest BCUT2D eigenvalue weighted by atomic mass is 16.7. The summed E-state index contributed by atoms with van der Waals surface area (Å²) in [6.45, 7) is 4.56. The fourth-order valence-corrected chi connectivity index (χ4v) is 3.76. The summed E-state index contributed by atoms with van der Waals surface area (Å²) in [5, 5.41) is 21.3. The molecule has 2 heterocycles. The molecule has 0 saturated carbocycles. The van der Waals surface area contributed by atoms with Gasteiger partial charge >= 0.3 is 0 Å². The number of non-ortho nitro benzene ring substituents is 1. The van der Waals surface area contributed by atoms with E-state index in [0.717, 1.165) is 48.7 Å². The molecule has 8 nitrogen and oxygen atoms in total. The van der Waals surface area contributed by atoms with Crippen molar-refractivity contribution in [3.05, 3.63) is 57.6 Å². The number of quaternary nitrogens is 1. The van der Waals surface area contributed by atoms with Gasteiger partial charge in [-0.3, -0.25) is 10.1 Å². The number of hydrogen-bond acceptors (Lipinski definition) is 6. The molecule has 0 radical (unpaired) electrons. The Morgan fingerprint density at radius 3 is 2.74 bits per heavy atom. The summed E-state index contributed by atoms with van der Waals surface area (Å²) in [5.74, 6) is 1.02. The van der Waals surface area contributed by atoms with Crippen LogP contribution < -0.4 is 14.5 Å². The van der Waals surface area contributed by atoms with E-state index < -0.39 is 0 Å². The number of fused-ring (bicyclic) bond motifs is 1. The molecule has 2 aliphatic heterocycles. The second-order valence-corrected chi connectivity index (χ2v) is 6.86. The highest BCUT2D eigenvalue weighted by Crippen LogP contribution is 2.32. The Hall–Kier alpha value is -2.84. The number of nitrogens with zero attached hydrogens (tertiary/aromatic N) is 2. The van der Waals surface area contributed by atoms with Gasteiger partial charge < -0.3 is 24.4 Å². The van der Waals surface area contributed by atoms with E-state index in [9.17, 15) is 15.2 Å². The molecule has 0 unspecified atom stereocenters. The number of nitro benzene ring substituents is 1. The molecular formula is C19H22N3O5+. The molecule has 1 fully saturated rings. The molecule has 1 saturated heterocycles. The minimum atomic E-state index is -0.371. The Morgan fingerprint density at radius 1 is 1.22 bits per heavy atom. The highest BCUT2D eigenvalue weighted by molar-refractivity contribution is 5.57. The number of phenolic OH excluding ortho intramolecular Hbond substituents is 1. The van der Waals surface area contributed by atoms with Gasteiger partial charge in [0.15, 0.2) is 6.79 Å². The van der Waals surface area contributed by atoms with Crippen LogP contribution in [0.25, 0.3) is 0 Å². The Balaban J connectivity index is 1.48. The predicted molar refractivity (Wildman–Crippen MR) is 98.1 cm³/mol. The molecule has 0 spiro atoms. The van der Waals surface area contributed by atoms with Crippen LogP contribution in [0.15, 0.2) is 36.4 Å². The van der Waals surface area contributed by atoms with Gasteiger partial charge in [-0.25, -0.2) is 0 Å². The monoisotopic (exact) mass is 372 g/mol. The quantitative estimate of drug-likeness (QED) is 0.617. The summed E-state index contributed by atoms with van der Waals surface area (Å²) in [6, 6.07) is 10.5. The number of rotatable bonds is 4. The molecule has 4 rings (SSSR count). The average molecular weight is 372 g/mol. The van der Waals surface area contributed by atoms with E-state index in [4.69, 9.17) is 9.47 Å². The van der Waals surface area contributed by atoms with Gasteiger partial charge in [-0.05, 0) is 12.1 Å². The van der Waals surface area contributed by atoms with Crippen LogP contribution in [0.2, 0.25) is 0 Å². The van der Waals surface area contributed by atoms with E-state index in [1.165, 1.54) is 11.0 Å². The predicted octanol–water partition coefficient (Wildman–Crippen LogP) is 1.07. The summed E-state index contributed by atoms with van der Waals surface area (Å²) < 4.78 is 10.9. The molecule has 0 aliphatic carbocycles. The van der Waals surface area contributed by atoms with Crippen LogP contribution in [0.4, 0.5) is 11.4 Å². The number of nitro groups is 1. The zero-order valence-electron chi connectivity index (χ0n) is 14.9. The normalized spacial score (nSPS) is 17.3. The number of phenols is 1. The molecule has 0 bridgehead atoms. The van der Waals surface area contributed by atoms with Gasteiger partial charge in [0.1, 0.15) is 18.0 Å². The van der Waals surface area contributed by atoms with Gasteiger partial charge in [0.2, 0.25) is 0 Å². The SMILES string of the molecule is O=[N+]([O-])c1cc2c(c(C[NH+]3CCN(c4ccccc4O)CC3)c1)OCOC2. The second kappa shape index (κ2) is 7.42. The Kier molecular flexibility index (Phi) is 4.83. The Labute approximate surface area is 156 Å². The van der Waals surface area contributed by atoms with E-state index in [-0.39, 0.29) is 17.4 Å².